The fraction of sp³-hybridized carbons (Fsp3) is 0.833. The number of hydrogen-bond donors (Lipinski definition) is 2. The molecule has 8 heteroatoms. The fourth-order valence-electron chi connectivity index (χ4n) is 2.41. The Kier molecular flexibility index (Phi) is 6.41. The monoisotopic (exact) mass is 306 g/mol. The van der Waals surface area contributed by atoms with Gasteiger partial charge in [-0.3, -0.25) is 9.59 Å². The number of nitrogens with zero attached hydrogens (tertiary/aromatic N) is 1. The summed E-state index contributed by atoms with van der Waals surface area (Å²) in [4.78, 5) is 24.4. The lowest BCUT2D eigenvalue weighted by Gasteiger charge is -2.35. The Hall–Kier alpha value is -1.15. The molecular formula is C12H22N2O5S. The maximum Gasteiger partial charge on any atom is 0.303 e. The first kappa shape index (κ1) is 16.9. The van der Waals surface area contributed by atoms with Crippen LogP contribution in [0.25, 0.3) is 0 Å². The smallest absolute Gasteiger partial charge is 0.303 e. The van der Waals surface area contributed by atoms with E-state index in [1.807, 2.05) is 0 Å². The molecule has 1 aliphatic heterocycles. The van der Waals surface area contributed by atoms with Gasteiger partial charge in [0.05, 0.1) is 6.26 Å². The molecule has 2 N–H and O–H groups in total. The van der Waals surface area contributed by atoms with E-state index >= 15 is 0 Å². The highest BCUT2D eigenvalue weighted by atomic mass is 32.2. The van der Waals surface area contributed by atoms with Crippen LogP contribution in [-0.4, -0.2) is 55.7 Å². The van der Waals surface area contributed by atoms with Gasteiger partial charge in [0.25, 0.3) is 0 Å². The van der Waals surface area contributed by atoms with Crippen molar-refractivity contribution >= 4 is 21.9 Å². The standard InChI is InChI=1S/C12H22N2O5S/c1-20(18,19)13-8-7-11(15)14-9-3-2-4-10(14)5-6-12(16)17/h10,13H,2-9H2,1H3,(H,16,17)/t10-/m0/s1. The van der Waals surface area contributed by atoms with E-state index in [-0.39, 0.29) is 31.3 Å². The van der Waals surface area contributed by atoms with Crippen molar-refractivity contribution in [2.75, 3.05) is 19.3 Å². The summed E-state index contributed by atoms with van der Waals surface area (Å²) in [6.45, 7) is 0.710. The van der Waals surface area contributed by atoms with Crippen LogP contribution in [0.2, 0.25) is 0 Å². The van der Waals surface area contributed by atoms with Crippen LogP contribution in [0.4, 0.5) is 0 Å². The van der Waals surface area contributed by atoms with E-state index in [4.69, 9.17) is 5.11 Å². The molecule has 1 fully saturated rings. The molecule has 0 aromatic carbocycles. The molecule has 1 saturated heterocycles. The molecule has 116 valence electrons. The van der Waals surface area contributed by atoms with Crippen LogP contribution in [0.3, 0.4) is 0 Å². The molecule has 1 heterocycles. The SMILES string of the molecule is CS(=O)(=O)NCCC(=O)N1CCCC[C@H]1CCC(=O)O. The maximum atomic E-state index is 12.1. The third kappa shape index (κ3) is 6.33. The summed E-state index contributed by atoms with van der Waals surface area (Å²) in [6, 6.07) is -0.0365. The Labute approximate surface area is 119 Å². The zero-order valence-corrected chi connectivity index (χ0v) is 12.5. The minimum atomic E-state index is -3.28. The number of carboxylic acids is 1. The van der Waals surface area contributed by atoms with Crippen molar-refractivity contribution in [3.63, 3.8) is 0 Å². The number of aliphatic carboxylic acids is 1. The predicted octanol–water partition coefficient (Wildman–Crippen LogP) is 0.172. The summed E-state index contributed by atoms with van der Waals surface area (Å²) in [6.07, 6.45) is 4.39. The van der Waals surface area contributed by atoms with Gasteiger partial charge in [0.1, 0.15) is 0 Å². The Bertz CT molecular complexity index is 449. The Balaban J connectivity index is 2.47. The summed E-state index contributed by atoms with van der Waals surface area (Å²) in [5, 5.41) is 8.72. The highest BCUT2D eigenvalue weighted by Gasteiger charge is 2.26. The van der Waals surface area contributed by atoms with Gasteiger partial charge in [0, 0.05) is 32.0 Å². The summed E-state index contributed by atoms with van der Waals surface area (Å²) in [5.41, 5.74) is 0. The van der Waals surface area contributed by atoms with E-state index < -0.39 is 16.0 Å². The first-order valence-corrected chi connectivity index (χ1v) is 8.64. The quantitative estimate of drug-likeness (QED) is 0.698. The molecule has 0 bridgehead atoms. The van der Waals surface area contributed by atoms with Crippen LogP contribution in [0.5, 0.6) is 0 Å². The zero-order chi connectivity index (χ0) is 15.2. The average molecular weight is 306 g/mol. The van der Waals surface area contributed by atoms with Gasteiger partial charge in [-0.25, -0.2) is 13.1 Å². The molecule has 0 unspecified atom stereocenters. The van der Waals surface area contributed by atoms with E-state index in [1.54, 1.807) is 4.90 Å². The third-order valence-electron chi connectivity index (χ3n) is 3.34. The molecule has 1 atom stereocenters. The number of rotatable bonds is 7. The lowest BCUT2D eigenvalue weighted by atomic mass is 9.97. The normalized spacial score (nSPS) is 19.9. The topological polar surface area (TPSA) is 104 Å². The summed E-state index contributed by atoms with van der Waals surface area (Å²) in [7, 11) is -3.28. The van der Waals surface area contributed by atoms with Crippen LogP contribution in [0.15, 0.2) is 0 Å². The van der Waals surface area contributed by atoms with Gasteiger partial charge in [0.2, 0.25) is 15.9 Å². The van der Waals surface area contributed by atoms with Crippen molar-refractivity contribution in [1.82, 2.24) is 9.62 Å². The van der Waals surface area contributed by atoms with E-state index in [0.29, 0.717) is 13.0 Å². The predicted molar refractivity (Wildman–Crippen MR) is 73.7 cm³/mol. The minimum Gasteiger partial charge on any atom is -0.481 e. The van der Waals surface area contributed by atoms with Crippen molar-refractivity contribution < 1.29 is 23.1 Å². The number of amides is 1. The molecule has 0 aromatic rings. The Morgan fingerprint density at radius 1 is 1.30 bits per heavy atom. The largest absolute Gasteiger partial charge is 0.481 e. The highest BCUT2D eigenvalue weighted by molar-refractivity contribution is 7.88. The van der Waals surface area contributed by atoms with Crippen LogP contribution < -0.4 is 4.72 Å². The highest BCUT2D eigenvalue weighted by Crippen LogP contribution is 2.21. The van der Waals surface area contributed by atoms with Crippen molar-refractivity contribution in [2.24, 2.45) is 0 Å². The second-order valence-corrected chi connectivity index (χ2v) is 6.92. The maximum absolute atomic E-state index is 12.1. The number of hydrogen-bond acceptors (Lipinski definition) is 4. The number of piperidine rings is 1. The molecule has 0 radical (unpaired) electrons. The van der Waals surface area contributed by atoms with E-state index in [0.717, 1.165) is 25.5 Å². The minimum absolute atomic E-state index is 0.0365. The van der Waals surface area contributed by atoms with Crippen LogP contribution in [0, 0.1) is 0 Å². The van der Waals surface area contributed by atoms with Gasteiger partial charge in [0.15, 0.2) is 0 Å². The fourth-order valence-corrected chi connectivity index (χ4v) is 2.88. The molecule has 0 saturated carbocycles. The number of carboxylic acid groups (broad SMARTS) is 1. The Morgan fingerprint density at radius 2 is 2.00 bits per heavy atom. The first-order valence-electron chi connectivity index (χ1n) is 6.75. The molecule has 1 amide bonds. The van der Waals surface area contributed by atoms with Crippen LogP contribution in [-0.2, 0) is 19.6 Å². The van der Waals surface area contributed by atoms with Gasteiger partial charge >= 0.3 is 5.97 Å². The number of likely N-dealkylation sites (tertiary alicyclic amines) is 1. The van der Waals surface area contributed by atoms with Gasteiger partial charge in [-0.15, -0.1) is 0 Å². The van der Waals surface area contributed by atoms with Crippen molar-refractivity contribution in [3.05, 3.63) is 0 Å². The van der Waals surface area contributed by atoms with E-state index in [1.165, 1.54) is 0 Å². The summed E-state index contributed by atoms with van der Waals surface area (Å²) in [5.74, 6) is -0.974. The second kappa shape index (κ2) is 7.58. The van der Waals surface area contributed by atoms with E-state index in [2.05, 4.69) is 4.72 Å². The number of carbonyl (C=O) groups excluding carboxylic acids is 1. The first-order chi connectivity index (χ1) is 9.29. The molecule has 1 aliphatic rings. The Morgan fingerprint density at radius 3 is 2.60 bits per heavy atom. The molecule has 0 aliphatic carbocycles. The molecule has 1 rings (SSSR count). The molecule has 0 spiro atoms. The summed E-state index contributed by atoms with van der Waals surface area (Å²) < 4.78 is 24.1. The lowest BCUT2D eigenvalue weighted by Crippen LogP contribution is -2.44. The average Bonchev–Trinajstić information content (AvgIpc) is 2.35. The number of sulfonamides is 1. The van der Waals surface area contributed by atoms with Crippen molar-refractivity contribution in [1.29, 1.82) is 0 Å². The van der Waals surface area contributed by atoms with Gasteiger partial charge in [-0.05, 0) is 25.7 Å². The number of carbonyl (C=O) groups is 2. The third-order valence-corrected chi connectivity index (χ3v) is 4.07. The van der Waals surface area contributed by atoms with Crippen LogP contribution >= 0.6 is 0 Å². The molecule has 7 nitrogen and oxygen atoms in total. The second-order valence-electron chi connectivity index (χ2n) is 5.09. The van der Waals surface area contributed by atoms with E-state index in [9.17, 15) is 18.0 Å². The molecule has 0 aromatic heterocycles. The lowest BCUT2D eigenvalue weighted by molar-refractivity contribution is -0.140. The molecule has 20 heavy (non-hydrogen) atoms. The number of nitrogens with one attached hydrogen (secondary N) is 1. The van der Waals surface area contributed by atoms with Crippen LogP contribution in [0.1, 0.15) is 38.5 Å². The van der Waals surface area contributed by atoms with Gasteiger partial charge in [-0.2, -0.15) is 0 Å². The zero-order valence-electron chi connectivity index (χ0n) is 11.7. The van der Waals surface area contributed by atoms with Gasteiger partial charge < -0.3 is 10.0 Å². The van der Waals surface area contributed by atoms with Crippen molar-refractivity contribution in [3.8, 4) is 0 Å². The molecular weight excluding hydrogens is 284 g/mol. The summed E-state index contributed by atoms with van der Waals surface area (Å²) >= 11 is 0. The van der Waals surface area contributed by atoms with Crippen molar-refractivity contribution in [2.45, 2.75) is 44.6 Å². The van der Waals surface area contributed by atoms with Gasteiger partial charge in [-0.1, -0.05) is 0 Å².